The SMILES string of the molecule is CC1CCCC(NC(=O)c2c(F)cccc2Br)C1C. The zero-order chi connectivity index (χ0) is 14.0. The van der Waals surface area contributed by atoms with Gasteiger partial charge in [0.15, 0.2) is 0 Å². The summed E-state index contributed by atoms with van der Waals surface area (Å²) in [6.45, 7) is 4.37. The molecule has 1 fully saturated rings. The smallest absolute Gasteiger partial charge is 0.255 e. The van der Waals surface area contributed by atoms with E-state index in [4.69, 9.17) is 0 Å². The minimum atomic E-state index is -0.483. The van der Waals surface area contributed by atoms with Crippen LogP contribution < -0.4 is 5.32 Å². The van der Waals surface area contributed by atoms with E-state index in [2.05, 4.69) is 35.1 Å². The van der Waals surface area contributed by atoms with Crippen molar-refractivity contribution >= 4 is 21.8 Å². The minimum absolute atomic E-state index is 0.105. The number of amides is 1. The summed E-state index contributed by atoms with van der Waals surface area (Å²) in [7, 11) is 0. The van der Waals surface area contributed by atoms with Gasteiger partial charge in [0.05, 0.1) is 5.56 Å². The van der Waals surface area contributed by atoms with Crippen molar-refractivity contribution in [1.29, 1.82) is 0 Å². The number of hydrogen-bond donors (Lipinski definition) is 1. The summed E-state index contributed by atoms with van der Waals surface area (Å²) in [4.78, 5) is 12.2. The van der Waals surface area contributed by atoms with Gasteiger partial charge < -0.3 is 5.32 Å². The summed E-state index contributed by atoms with van der Waals surface area (Å²) >= 11 is 3.24. The van der Waals surface area contributed by atoms with E-state index in [1.165, 1.54) is 12.5 Å². The zero-order valence-electron chi connectivity index (χ0n) is 11.2. The second-order valence-corrected chi connectivity index (χ2v) is 6.30. The molecule has 1 aliphatic rings. The molecule has 2 nitrogen and oxygen atoms in total. The Balaban J connectivity index is 2.13. The summed E-state index contributed by atoms with van der Waals surface area (Å²) in [5, 5.41) is 2.99. The number of rotatable bonds is 2. The van der Waals surface area contributed by atoms with Crippen LogP contribution >= 0.6 is 15.9 Å². The third-order valence-corrected chi connectivity index (χ3v) is 4.87. The first-order valence-electron chi connectivity index (χ1n) is 6.75. The Bertz CT molecular complexity index is 457. The molecule has 1 aromatic carbocycles. The molecule has 104 valence electrons. The third-order valence-electron chi connectivity index (χ3n) is 4.21. The molecule has 0 aliphatic heterocycles. The second-order valence-electron chi connectivity index (χ2n) is 5.44. The summed E-state index contributed by atoms with van der Waals surface area (Å²) in [6, 6.07) is 4.72. The van der Waals surface area contributed by atoms with Gasteiger partial charge >= 0.3 is 0 Å². The van der Waals surface area contributed by atoms with Crippen LogP contribution in [0.15, 0.2) is 22.7 Å². The molecule has 0 spiro atoms. The number of hydrogen-bond acceptors (Lipinski definition) is 1. The Hall–Kier alpha value is -0.900. The molecule has 4 heteroatoms. The quantitative estimate of drug-likeness (QED) is 0.868. The van der Waals surface area contributed by atoms with Crippen molar-refractivity contribution in [3.63, 3.8) is 0 Å². The fraction of sp³-hybridized carbons (Fsp3) is 0.533. The van der Waals surface area contributed by atoms with Gasteiger partial charge in [-0.05, 0) is 46.3 Å². The number of carbonyl (C=O) groups excluding carboxylic acids is 1. The largest absolute Gasteiger partial charge is 0.349 e. The first-order chi connectivity index (χ1) is 9.00. The Labute approximate surface area is 121 Å². The van der Waals surface area contributed by atoms with E-state index in [-0.39, 0.29) is 17.5 Å². The van der Waals surface area contributed by atoms with Crippen LogP contribution in [0, 0.1) is 17.7 Å². The average molecular weight is 328 g/mol. The molecule has 0 bridgehead atoms. The Morgan fingerprint density at radius 2 is 2.11 bits per heavy atom. The lowest BCUT2D eigenvalue weighted by atomic mass is 9.78. The Morgan fingerprint density at radius 3 is 2.79 bits per heavy atom. The average Bonchev–Trinajstić information content (AvgIpc) is 2.35. The molecular weight excluding hydrogens is 309 g/mol. The van der Waals surface area contributed by atoms with Crippen LogP contribution in [0.3, 0.4) is 0 Å². The van der Waals surface area contributed by atoms with Crippen molar-refractivity contribution in [2.24, 2.45) is 11.8 Å². The van der Waals surface area contributed by atoms with Crippen LogP contribution in [-0.2, 0) is 0 Å². The van der Waals surface area contributed by atoms with Crippen LogP contribution in [-0.4, -0.2) is 11.9 Å². The summed E-state index contributed by atoms with van der Waals surface area (Å²) in [5.74, 6) is 0.227. The first kappa shape index (κ1) is 14.5. The molecule has 1 aromatic rings. The van der Waals surface area contributed by atoms with Crippen molar-refractivity contribution in [1.82, 2.24) is 5.32 Å². The van der Waals surface area contributed by atoms with E-state index in [1.807, 2.05) is 0 Å². The van der Waals surface area contributed by atoms with Gasteiger partial charge in [0.2, 0.25) is 0 Å². The van der Waals surface area contributed by atoms with Gasteiger partial charge in [-0.25, -0.2) is 4.39 Å². The first-order valence-corrected chi connectivity index (χ1v) is 7.55. The summed E-state index contributed by atoms with van der Waals surface area (Å²) in [5.41, 5.74) is 0.105. The molecule has 1 aliphatic carbocycles. The van der Waals surface area contributed by atoms with Gasteiger partial charge in [-0.2, -0.15) is 0 Å². The fourth-order valence-corrected chi connectivity index (χ4v) is 3.26. The maximum Gasteiger partial charge on any atom is 0.255 e. The second kappa shape index (κ2) is 6.04. The van der Waals surface area contributed by atoms with Crippen LogP contribution in [0.4, 0.5) is 4.39 Å². The lowest BCUT2D eigenvalue weighted by molar-refractivity contribution is 0.0886. The molecule has 0 radical (unpaired) electrons. The molecule has 0 aromatic heterocycles. The Kier molecular flexibility index (Phi) is 4.61. The lowest BCUT2D eigenvalue weighted by Gasteiger charge is -2.34. The highest BCUT2D eigenvalue weighted by Crippen LogP contribution is 2.30. The fourth-order valence-electron chi connectivity index (χ4n) is 2.74. The Morgan fingerprint density at radius 1 is 1.37 bits per heavy atom. The monoisotopic (exact) mass is 327 g/mol. The van der Waals surface area contributed by atoms with Crippen LogP contribution in [0.5, 0.6) is 0 Å². The normalized spacial score (nSPS) is 27.1. The van der Waals surface area contributed by atoms with E-state index in [0.29, 0.717) is 16.3 Å². The third kappa shape index (κ3) is 3.16. The molecular formula is C15H19BrFNO. The van der Waals surface area contributed by atoms with Crippen molar-refractivity contribution in [2.75, 3.05) is 0 Å². The van der Waals surface area contributed by atoms with Crippen molar-refractivity contribution < 1.29 is 9.18 Å². The predicted molar refractivity (Wildman–Crippen MR) is 77.5 cm³/mol. The highest BCUT2D eigenvalue weighted by Gasteiger charge is 2.29. The van der Waals surface area contributed by atoms with Crippen LogP contribution in [0.1, 0.15) is 43.5 Å². The van der Waals surface area contributed by atoms with Crippen LogP contribution in [0.25, 0.3) is 0 Å². The van der Waals surface area contributed by atoms with Gasteiger partial charge in [-0.3, -0.25) is 4.79 Å². The molecule has 3 atom stereocenters. The van der Waals surface area contributed by atoms with E-state index in [1.54, 1.807) is 12.1 Å². The maximum absolute atomic E-state index is 13.7. The van der Waals surface area contributed by atoms with Gasteiger partial charge in [0.25, 0.3) is 5.91 Å². The van der Waals surface area contributed by atoms with Gasteiger partial charge in [-0.15, -0.1) is 0 Å². The summed E-state index contributed by atoms with van der Waals surface area (Å²) in [6.07, 6.45) is 3.30. The van der Waals surface area contributed by atoms with E-state index >= 15 is 0 Å². The highest BCUT2D eigenvalue weighted by molar-refractivity contribution is 9.10. The molecule has 19 heavy (non-hydrogen) atoms. The molecule has 1 amide bonds. The van der Waals surface area contributed by atoms with E-state index in [0.717, 1.165) is 12.8 Å². The highest BCUT2D eigenvalue weighted by atomic mass is 79.9. The molecule has 0 saturated heterocycles. The number of halogens is 2. The molecule has 3 unspecified atom stereocenters. The number of carbonyl (C=O) groups is 1. The van der Waals surface area contributed by atoms with Gasteiger partial charge in [0.1, 0.15) is 5.82 Å². The molecule has 2 rings (SSSR count). The lowest BCUT2D eigenvalue weighted by Crippen LogP contribution is -2.44. The van der Waals surface area contributed by atoms with Gasteiger partial charge in [0, 0.05) is 10.5 Å². The topological polar surface area (TPSA) is 29.1 Å². The van der Waals surface area contributed by atoms with Crippen molar-refractivity contribution in [3.05, 3.63) is 34.1 Å². The number of benzene rings is 1. The molecule has 0 heterocycles. The van der Waals surface area contributed by atoms with Crippen molar-refractivity contribution in [2.45, 2.75) is 39.2 Å². The molecule has 1 saturated carbocycles. The number of nitrogens with one attached hydrogen (secondary N) is 1. The van der Waals surface area contributed by atoms with Crippen LogP contribution in [0.2, 0.25) is 0 Å². The summed E-state index contributed by atoms with van der Waals surface area (Å²) < 4.78 is 14.2. The zero-order valence-corrected chi connectivity index (χ0v) is 12.8. The minimum Gasteiger partial charge on any atom is -0.349 e. The standard InChI is InChI=1S/C15H19BrFNO/c1-9-5-3-8-13(10(9)2)18-15(19)14-11(16)6-4-7-12(14)17/h4,6-7,9-10,13H,3,5,8H2,1-2H3,(H,18,19). The predicted octanol–water partition coefficient (Wildman–Crippen LogP) is 4.14. The van der Waals surface area contributed by atoms with Gasteiger partial charge in [-0.1, -0.05) is 32.8 Å². The molecule has 1 N–H and O–H groups in total. The van der Waals surface area contributed by atoms with E-state index in [9.17, 15) is 9.18 Å². The van der Waals surface area contributed by atoms with Crippen molar-refractivity contribution in [3.8, 4) is 0 Å². The van der Waals surface area contributed by atoms with E-state index < -0.39 is 5.82 Å². The maximum atomic E-state index is 13.7.